The van der Waals surface area contributed by atoms with Gasteiger partial charge < -0.3 is 0 Å². The summed E-state index contributed by atoms with van der Waals surface area (Å²) in [7, 11) is -7.10. The van der Waals surface area contributed by atoms with Crippen LogP contribution in [0.3, 0.4) is 0 Å². The lowest BCUT2D eigenvalue weighted by molar-refractivity contribution is 0.609. The largest absolute Gasteiger partial charge is 0.249 e. The average Bonchev–Trinajstić information content (AvgIpc) is 2.45. The molecule has 1 atom stereocenters. The van der Waals surface area contributed by atoms with Crippen LogP contribution in [0.2, 0.25) is 0 Å². The third-order valence-electron chi connectivity index (χ3n) is 1.70. The summed E-state index contributed by atoms with van der Waals surface area (Å²) in [5.41, 5.74) is 0.597. The molecule has 1 aliphatic rings. The first-order chi connectivity index (χ1) is 6.38. The molecule has 1 unspecified atom stereocenters. The molecule has 0 aromatic heterocycles. The second-order valence-corrected chi connectivity index (χ2v) is 8.53. The first-order valence-electron chi connectivity index (χ1n) is 3.82. The van der Waals surface area contributed by atoms with Gasteiger partial charge in [-0.3, -0.25) is 0 Å². The van der Waals surface area contributed by atoms with E-state index < -0.39 is 28.6 Å². The van der Waals surface area contributed by atoms with Gasteiger partial charge in [0, 0.05) is 15.7 Å². The Morgan fingerprint density at radius 1 is 1.43 bits per heavy atom. The number of allylic oxidation sites excluding steroid dienone is 2. The molecule has 4 nitrogen and oxygen atoms in total. The van der Waals surface area contributed by atoms with Crippen molar-refractivity contribution in [3.63, 3.8) is 0 Å². The Balaban J connectivity index is 3.60. The van der Waals surface area contributed by atoms with Crippen LogP contribution in [0, 0.1) is 0 Å². The van der Waals surface area contributed by atoms with Gasteiger partial charge in [-0.05, 0) is 17.4 Å². The van der Waals surface area contributed by atoms with Crippen LogP contribution in [0.5, 0.6) is 0 Å². The Kier molecular flexibility index (Phi) is 3.33. The van der Waals surface area contributed by atoms with Crippen LogP contribution in [0.4, 0.5) is 0 Å². The van der Waals surface area contributed by atoms with E-state index in [1.165, 1.54) is 5.41 Å². The lowest BCUT2D eigenvalue weighted by atomic mass is 10.2. The summed E-state index contributed by atoms with van der Waals surface area (Å²) in [6.07, 6.45) is 3.15. The predicted molar refractivity (Wildman–Crippen MR) is 57.6 cm³/mol. The zero-order valence-electron chi connectivity index (χ0n) is 7.72. The summed E-state index contributed by atoms with van der Waals surface area (Å²) in [6.45, 7) is 1.80. The molecule has 80 valence electrons. The second-order valence-electron chi connectivity index (χ2n) is 2.74. The molecule has 1 heterocycles. The highest BCUT2D eigenvalue weighted by atomic mass is 32.9. The SMILES string of the molecule is CCC1=C(S(C)(=O)=O)S(=S(=O)=O)C=C1. The summed E-state index contributed by atoms with van der Waals surface area (Å²) < 4.78 is 44.3. The maximum atomic E-state index is 11.4. The maximum Gasteiger partial charge on any atom is 0.249 e. The lowest BCUT2D eigenvalue weighted by Crippen LogP contribution is -2.05. The Hall–Kier alpha value is -0.400. The highest BCUT2D eigenvalue weighted by Gasteiger charge is 2.23. The zero-order chi connectivity index (χ0) is 10.9. The van der Waals surface area contributed by atoms with Gasteiger partial charge in [-0.25, -0.2) is 8.42 Å². The van der Waals surface area contributed by atoms with Crippen LogP contribution in [-0.2, 0) is 28.6 Å². The van der Waals surface area contributed by atoms with Gasteiger partial charge in [0.2, 0.25) is 9.26 Å². The molecule has 14 heavy (non-hydrogen) atoms. The van der Waals surface area contributed by atoms with Crippen molar-refractivity contribution >= 4 is 28.6 Å². The number of sulfone groups is 1. The van der Waals surface area contributed by atoms with E-state index in [1.54, 1.807) is 13.0 Å². The molecule has 0 radical (unpaired) electrons. The quantitative estimate of drug-likeness (QED) is 0.723. The van der Waals surface area contributed by atoms with Gasteiger partial charge in [0.05, 0.1) is 0 Å². The van der Waals surface area contributed by atoms with E-state index in [-0.39, 0.29) is 4.24 Å². The Morgan fingerprint density at radius 2 is 2.00 bits per heavy atom. The standard InChI is InChI=1S/C7H10O4S3/c1-3-6-4-5-12(13(8)9)7(6)14(2,10)11/h4-5H,3H2,1-2H3. The van der Waals surface area contributed by atoms with Gasteiger partial charge in [0.15, 0.2) is 9.84 Å². The molecule has 0 spiro atoms. The van der Waals surface area contributed by atoms with E-state index in [2.05, 4.69) is 0 Å². The topological polar surface area (TPSA) is 68.3 Å². The Bertz CT molecular complexity index is 538. The second kappa shape index (κ2) is 4.00. The molecule has 0 saturated carbocycles. The van der Waals surface area contributed by atoms with Crippen LogP contribution >= 0.6 is 0 Å². The summed E-state index contributed by atoms with van der Waals surface area (Å²) in [4.78, 5) is 0. The summed E-state index contributed by atoms with van der Waals surface area (Å²) >= 11 is 0. The molecule has 0 aromatic carbocycles. The highest BCUT2D eigenvalue weighted by molar-refractivity contribution is 8.41. The van der Waals surface area contributed by atoms with Crippen molar-refractivity contribution in [1.29, 1.82) is 0 Å². The molecule has 0 aromatic rings. The average molecular weight is 254 g/mol. The van der Waals surface area contributed by atoms with Gasteiger partial charge in [-0.2, -0.15) is 8.42 Å². The Morgan fingerprint density at radius 3 is 2.36 bits per heavy atom. The molecule has 0 fully saturated rings. The molecule has 0 aliphatic carbocycles. The summed E-state index contributed by atoms with van der Waals surface area (Å²) in [5.74, 6) is 0. The van der Waals surface area contributed by atoms with Crippen molar-refractivity contribution < 1.29 is 16.8 Å². The van der Waals surface area contributed by atoms with E-state index in [0.29, 0.717) is 12.0 Å². The first-order valence-corrected chi connectivity index (χ1v) is 8.59. The van der Waals surface area contributed by atoms with Crippen LogP contribution in [0.15, 0.2) is 21.3 Å². The monoisotopic (exact) mass is 254 g/mol. The van der Waals surface area contributed by atoms with E-state index in [9.17, 15) is 16.8 Å². The first kappa shape index (κ1) is 11.7. The summed E-state index contributed by atoms with van der Waals surface area (Å²) in [5, 5.41) is 1.43. The smallest absolute Gasteiger partial charge is 0.223 e. The van der Waals surface area contributed by atoms with E-state index in [4.69, 9.17) is 0 Å². The fraction of sp³-hybridized carbons (Fsp3) is 0.429. The number of hydrogen-bond donors (Lipinski definition) is 0. The van der Waals surface area contributed by atoms with Crippen LogP contribution < -0.4 is 0 Å². The fourth-order valence-electron chi connectivity index (χ4n) is 1.16. The van der Waals surface area contributed by atoms with Crippen LogP contribution in [0.25, 0.3) is 0 Å². The molecule has 0 bridgehead atoms. The Labute approximate surface area is 86.4 Å². The predicted octanol–water partition coefficient (Wildman–Crippen LogP) is 0.592. The molecule has 0 amide bonds. The molecule has 0 N–H and O–H groups in total. The van der Waals surface area contributed by atoms with Gasteiger partial charge in [-0.1, -0.05) is 13.0 Å². The maximum absolute atomic E-state index is 11.4. The van der Waals surface area contributed by atoms with Gasteiger partial charge in [0.25, 0.3) is 0 Å². The minimum Gasteiger partial charge on any atom is -0.223 e. The number of rotatable bonds is 2. The molecule has 1 rings (SSSR count). The minimum atomic E-state index is -3.42. The van der Waals surface area contributed by atoms with E-state index in [0.717, 1.165) is 6.26 Å². The minimum absolute atomic E-state index is 0.0494. The van der Waals surface area contributed by atoms with Gasteiger partial charge in [0.1, 0.15) is 4.24 Å². The lowest BCUT2D eigenvalue weighted by Gasteiger charge is -2.02. The highest BCUT2D eigenvalue weighted by Crippen LogP contribution is 2.27. The van der Waals surface area contributed by atoms with Crippen molar-refractivity contribution in [2.45, 2.75) is 13.3 Å². The fourth-order valence-corrected chi connectivity index (χ4v) is 7.05. The zero-order valence-corrected chi connectivity index (χ0v) is 10.2. The van der Waals surface area contributed by atoms with Gasteiger partial charge >= 0.3 is 0 Å². The molecule has 1 aliphatic heterocycles. The summed E-state index contributed by atoms with van der Waals surface area (Å²) in [6, 6.07) is 0. The van der Waals surface area contributed by atoms with Gasteiger partial charge in [-0.15, -0.1) is 0 Å². The molecular formula is C7H10O4S3. The number of hydrogen-bond acceptors (Lipinski definition) is 4. The molecular weight excluding hydrogens is 244 g/mol. The third-order valence-corrected chi connectivity index (χ3v) is 7.42. The van der Waals surface area contributed by atoms with Crippen LogP contribution in [-0.4, -0.2) is 23.1 Å². The van der Waals surface area contributed by atoms with Crippen molar-refractivity contribution in [3.8, 4) is 0 Å². The normalized spacial score (nSPS) is 21.7. The third kappa shape index (κ3) is 2.15. The van der Waals surface area contributed by atoms with Crippen LogP contribution in [0.1, 0.15) is 13.3 Å². The van der Waals surface area contributed by atoms with Crippen molar-refractivity contribution in [2.75, 3.05) is 6.26 Å². The van der Waals surface area contributed by atoms with E-state index in [1.807, 2.05) is 0 Å². The van der Waals surface area contributed by atoms with Crippen molar-refractivity contribution in [2.24, 2.45) is 0 Å². The van der Waals surface area contributed by atoms with Crippen molar-refractivity contribution in [1.82, 2.24) is 0 Å². The van der Waals surface area contributed by atoms with Crippen molar-refractivity contribution in [3.05, 3.63) is 21.3 Å². The van der Waals surface area contributed by atoms with E-state index >= 15 is 0 Å². The molecule has 0 saturated heterocycles. The molecule has 7 heteroatoms.